The van der Waals surface area contributed by atoms with Gasteiger partial charge in [0.1, 0.15) is 5.82 Å². The number of piperidine rings is 1. The molecular weight excluding hydrogens is 323 g/mol. The lowest BCUT2D eigenvalue weighted by atomic mass is 9.98. The van der Waals surface area contributed by atoms with Gasteiger partial charge < -0.3 is 4.90 Å². The molecule has 24 heavy (non-hydrogen) atoms. The summed E-state index contributed by atoms with van der Waals surface area (Å²) >= 11 is 1.72. The summed E-state index contributed by atoms with van der Waals surface area (Å²) in [7, 11) is 0. The molecule has 3 aromatic rings. The molecule has 0 radical (unpaired) electrons. The monoisotopic (exact) mass is 340 g/mol. The second-order valence-corrected chi connectivity index (χ2v) is 7.18. The highest BCUT2D eigenvalue weighted by Gasteiger charge is 2.27. The average molecular weight is 340 g/mol. The number of carbonyl (C=O) groups is 1. The van der Waals surface area contributed by atoms with E-state index in [9.17, 15) is 9.18 Å². The van der Waals surface area contributed by atoms with Gasteiger partial charge in [0, 0.05) is 24.6 Å². The lowest BCUT2D eigenvalue weighted by Crippen LogP contribution is -2.39. The van der Waals surface area contributed by atoms with E-state index in [0.29, 0.717) is 12.1 Å². The third-order valence-electron chi connectivity index (χ3n) is 4.46. The predicted octanol–water partition coefficient (Wildman–Crippen LogP) is 4.46. The van der Waals surface area contributed by atoms with Crippen molar-refractivity contribution in [1.29, 1.82) is 0 Å². The Morgan fingerprint density at radius 1 is 1.17 bits per heavy atom. The van der Waals surface area contributed by atoms with Crippen LogP contribution < -0.4 is 0 Å². The summed E-state index contributed by atoms with van der Waals surface area (Å²) in [5, 5.41) is 1.10. The van der Waals surface area contributed by atoms with Crippen LogP contribution in [0, 0.1) is 5.82 Å². The summed E-state index contributed by atoms with van der Waals surface area (Å²) in [6, 6.07) is 13.9. The number of nitrogens with zero attached hydrogens (tertiary/aromatic N) is 2. The van der Waals surface area contributed by atoms with Crippen LogP contribution in [0.1, 0.15) is 34.1 Å². The highest BCUT2D eigenvalue weighted by molar-refractivity contribution is 7.18. The largest absolute Gasteiger partial charge is 0.338 e. The molecule has 122 valence electrons. The van der Waals surface area contributed by atoms with E-state index < -0.39 is 0 Å². The number of amides is 1. The van der Waals surface area contributed by atoms with Gasteiger partial charge in [-0.2, -0.15) is 0 Å². The fraction of sp³-hybridized carbons (Fsp3) is 0.263. The molecule has 4 rings (SSSR count). The minimum absolute atomic E-state index is 0.0270. The average Bonchev–Trinajstić information content (AvgIpc) is 3.06. The van der Waals surface area contributed by atoms with Crippen LogP contribution in [0.25, 0.3) is 10.2 Å². The number of fused-ring (bicyclic) bond motifs is 1. The fourth-order valence-electron chi connectivity index (χ4n) is 3.20. The molecule has 0 N–H and O–H groups in total. The van der Waals surface area contributed by atoms with Crippen LogP contribution >= 0.6 is 11.3 Å². The topological polar surface area (TPSA) is 33.2 Å². The zero-order chi connectivity index (χ0) is 16.5. The second kappa shape index (κ2) is 6.32. The quantitative estimate of drug-likeness (QED) is 0.690. The summed E-state index contributed by atoms with van der Waals surface area (Å²) in [5.41, 5.74) is 1.57. The Balaban J connectivity index is 1.54. The van der Waals surface area contributed by atoms with Crippen LogP contribution in [-0.4, -0.2) is 28.9 Å². The molecule has 0 unspecified atom stereocenters. The van der Waals surface area contributed by atoms with Crippen molar-refractivity contribution in [2.45, 2.75) is 18.8 Å². The van der Waals surface area contributed by atoms with E-state index in [-0.39, 0.29) is 17.6 Å². The lowest BCUT2D eigenvalue weighted by molar-refractivity contribution is 0.0707. The Bertz CT molecular complexity index is 841. The normalized spacial score (nSPS) is 18.0. The van der Waals surface area contributed by atoms with Gasteiger partial charge in [-0.1, -0.05) is 12.1 Å². The molecule has 0 bridgehead atoms. The zero-order valence-corrected chi connectivity index (χ0v) is 13.9. The first-order chi connectivity index (χ1) is 11.7. The maximum absolute atomic E-state index is 13.0. The number of rotatable bonds is 2. The SMILES string of the molecule is O=C(c1ccc(F)cc1)N1CCC[C@@H](c2nc3ccccc3s2)C1. The van der Waals surface area contributed by atoms with E-state index in [1.54, 1.807) is 23.5 Å². The molecule has 1 aliphatic heterocycles. The molecule has 1 amide bonds. The first-order valence-electron chi connectivity index (χ1n) is 8.11. The number of para-hydroxylation sites is 1. The number of thiazole rings is 1. The molecule has 1 fully saturated rings. The van der Waals surface area contributed by atoms with Crippen molar-refractivity contribution < 1.29 is 9.18 Å². The minimum Gasteiger partial charge on any atom is -0.338 e. The standard InChI is InChI=1S/C19H17FN2OS/c20-15-9-7-13(8-10-15)19(23)22-11-3-4-14(12-22)18-21-16-5-1-2-6-17(16)24-18/h1-2,5-10,14H,3-4,11-12H2/t14-/m1/s1. The van der Waals surface area contributed by atoms with Crippen LogP contribution in [0.4, 0.5) is 4.39 Å². The molecule has 2 aromatic carbocycles. The van der Waals surface area contributed by atoms with Gasteiger partial charge in [-0.05, 0) is 49.2 Å². The van der Waals surface area contributed by atoms with Gasteiger partial charge in [0.25, 0.3) is 5.91 Å². The summed E-state index contributed by atoms with van der Waals surface area (Å²) in [6.45, 7) is 1.42. The van der Waals surface area contributed by atoms with E-state index in [2.05, 4.69) is 6.07 Å². The molecule has 1 aliphatic rings. The first-order valence-corrected chi connectivity index (χ1v) is 8.93. The van der Waals surface area contributed by atoms with Gasteiger partial charge in [-0.25, -0.2) is 9.37 Å². The van der Waals surface area contributed by atoms with Gasteiger partial charge in [0.2, 0.25) is 0 Å². The summed E-state index contributed by atoms with van der Waals surface area (Å²) in [6.07, 6.45) is 2.01. The van der Waals surface area contributed by atoms with Crippen LogP contribution in [0.5, 0.6) is 0 Å². The van der Waals surface area contributed by atoms with Crippen molar-refractivity contribution in [3.8, 4) is 0 Å². The molecule has 5 heteroatoms. The van der Waals surface area contributed by atoms with Crippen molar-refractivity contribution in [2.75, 3.05) is 13.1 Å². The first kappa shape index (κ1) is 15.3. The molecule has 0 saturated carbocycles. The number of aromatic nitrogens is 1. The van der Waals surface area contributed by atoms with Gasteiger partial charge in [-0.15, -0.1) is 11.3 Å². The molecule has 0 spiro atoms. The number of carbonyl (C=O) groups excluding carboxylic acids is 1. The Kier molecular flexibility index (Phi) is 4.02. The van der Waals surface area contributed by atoms with Crippen LogP contribution in [0.15, 0.2) is 48.5 Å². The van der Waals surface area contributed by atoms with E-state index in [1.807, 2.05) is 23.1 Å². The van der Waals surface area contributed by atoms with Gasteiger partial charge in [-0.3, -0.25) is 4.79 Å². The molecule has 1 aromatic heterocycles. The second-order valence-electron chi connectivity index (χ2n) is 6.12. The van der Waals surface area contributed by atoms with E-state index in [4.69, 9.17) is 4.98 Å². The molecule has 0 aliphatic carbocycles. The van der Waals surface area contributed by atoms with Gasteiger partial charge in [0.05, 0.1) is 15.2 Å². The number of benzene rings is 2. The van der Waals surface area contributed by atoms with Crippen molar-refractivity contribution in [3.05, 3.63) is 64.9 Å². The van der Waals surface area contributed by atoms with Gasteiger partial charge >= 0.3 is 0 Å². The summed E-state index contributed by atoms with van der Waals surface area (Å²) < 4.78 is 14.2. The molecular formula is C19H17FN2OS. The number of likely N-dealkylation sites (tertiary alicyclic amines) is 1. The Morgan fingerprint density at radius 3 is 2.75 bits per heavy atom. The van der Waals surface area contributed by atoms with Crippen LogP contribution in [-0.2, 0) is 0 Å². The maximum atomic E-state index is 13.0. The third kappa shape index (κ3) is 2.91. The van der Waals surface area contributed by atoms with Crippen LogP contribution in [0.2, 0.25) is 0 Å². The fourth-order valence-corrected chi connectivity index (χ4v) is 4.30. The van der Waals surface area contributed by atoms with Crippen LogP contribution in [0.3, 0.4) is 0 Å². The van der Waals surface area contributed by atoms with Gasteiger partial charge in [0.15, 0.2) is 0 Å². The third-order valence-corrected chi connectivity index (χ3v) is 5.66. The molecule has 1 saturated heterocycles. The van der Waals surface area contributed by atoms with Crippen molar-refractivity contribution in [2.24, 2.45) is 0 Å². The molecule has 1 atom stereocenters. The van der Waals surface area contributed by atoms with E-state index >= 15 is 0 Å². The zero-order valence-electron chi connectivity index (χ0n) is 13.1. The van der Waals surface area contributed by atoms with Crippen molar-refractivity contribution >= 4 is 27.5 Å². The minimum atomic E-state index is -0.322. The smallest absolute Gasteiger partial charge is 0.253 e. The Hall–Kier alpha value is -2.27. The summed E-state index contributed by atoms with van der Waals surface area (Å²) in [5.74, 6) is -0.0705. The lowest BCUT2D eigenvalue weighted by Gasteiger charge is -2.31. The molecule has 3 nitrogen and oxygen atoms in total. The maximum Gasteiger partial charge on any atom is 0.253 e. The van der Waals surface area contributed by atoms with E-state index in [0.717, 1.165) is 29.9 Å². The predicted molar refractivity (Wildman–Crippen MR) is 93.9 cm³/mol. The molecule has 2 heterocycles. The van der Waals surface area contributed by atoms with Crippen molar-refractivity contribution in [3.63, 3.8) is 0 Å². The van der Waals surface area contributed by atoms with Crippen molar-refractivity contribution in [1.82, 2.24) is 9.88 Å². The number of hydrogen-bond acceptors (Lipinski definition) is 3. The highest BCUT2D eigenvalue weighted by atomic mass is 32.1. The number of halogens is 1. The Labute approximate surface area is 143 Å². The highest BCUT2D eigenvalue weighted by Crippen LogP contribution is 2.33. The summed E-state index contributed by atoms with van der Waals surface area (Å²) in [4.78, 5) is 19.3. The van der Waals surface area contributed by atoms with E-state index in [1.165, 1.54) is 16.8 Å². The number of hydrogen-bond donors (Lipinski definition) is 0. The Morgan fingerprint density at radius 2 is 1.96 bits per heavy atom.